The van der Waals surface area contributed by atoms with E-state index in [1.807, 2.05) is 45.0 Å². The number of carbonyl (C=O) groups is 1. The SMILES string of the molecule is CC(C)(C)OC(=O)N1CCN(Cc2ccc(CCOc3ccc(CCO)cc3)cc2)CC1. The maximum Gasteiger partial charge on any atom is 0.410 e. The number of piperazine rings is 1. The summed E-state index contributed by atoms with van der Waals surface area (Å²) in [5.74, 6) is 0.855. The third kappa shape index (κ3) is 7.84. The zero-order chi connectivity index (χ0) is 23.0. The monoisotopic (exact) mass is 440 g/mol. The van der Waals surface area contributed by atoms with E-state index in [4.69, 9.17) is 14.6 Å². The van der Waals surface area contributed by atoms with Crippen LogP contribution in [0.15, 0.2) is 48.5 Å². The Morgan fingerprint density at radius 1 is 0.875 bits per heavy atom. The Bertz CT molecular complexity index is 836. The average Bonchev–Trinajstić information content (AvgIpc) is 2.76. The maximum atomic E-state index is 12.2. The summed E-state index contributed by atoms with van der Waals surface area (Å²) >= 11 is 0. The van der Waals surface area contributed by atoms with E-state index in [1.54, 1.807) is 4.90 Å². The molecule has 2 aromatic carbocycles. The Hall–Kier alpha value is -2.57. The Morgan fingerprint density at radius 3 is 2.03 bits per heavy atom. The fourth-order valence-corrected chi connectivity index (χ4v) is 3.65. The van der Waals surface area contributed by atoms with Crippen LogP contribution >= 0.6 is 0 Å². The second kappa shape index (κ2) is 11.3. The normalized spacial score (nSPS) is 14.9. The summed E-state index contributed by atoms with van der Waals surface area (Å²) in [4.78, 5) is 16.4. The minimum Gasteiger partial charge on any atom is -0.493 e. The van der Waals surface area contributed by atoms with Gasteiger partial charge in [0.1, 0.15) is 11.4 Å². The van der Waals surface area contributed by atoms with E-state index in [-0.39, 0.29) is 12.7 Å². The smallest absolute Gasteiger partial charge is 0.410 e. The largest absolute Gasteiger partial charge is 0.493 e. The molecular formula is C26H36N2O4. The molecule has 2 aromatic rings. The molecule has 0 radical (unpaired) electrons. The van der Waals surface area contributed by atoms with Crippen LogP contribution in [0.2, 0.25) is 0 Å². The molecule has 3 rings (SSSR count). The first-order valence-corrected chi connectivity index (χ1v) is 11.4. The zero-order valence-corrected chi connectivity index (χ0v) is 19.5. The van der Waals surface area contributed by atoms with Gasteiger partial charge in [-0.15, -0.1) is 0 Å². The van der Waals surface area contributed by atoms with E-state index in [0.29, 0.717) is 26.1 Å². The van der Waals surface area contributed by atoms with Crippen LogP contribution in [0.5, 0.6) is 5.75 Å². The second-order valence-electron chi connectivity index (χ2n) is 9.28. The van der Waals surface area contributed by atoms with Gasteiger partial charge in [-0.2, -0.15) is 0 Å². The lowest BCUT2D eigenvalue weighted by atomic mass is 10.1. The number of aliphatic hydroxyl groups is 1. The van der Waals surface area contributed by atoms with Gasteiger partial charge >= 0.3 is 6.09 Å². The van der Waals surface area contributed by atoms with Gasteiger partial charge in [-0.05, 0) is 56.0 Å². The third-order valence-electron chi connectivity index (χ3n) is 5.44. The Morgan fingerprint density at radius 2 is 1.44 bits per heavy atom. The van der Waals surface area contributed by atoms with Crippen LogP contribution in [0.25, 0.3) is 0 Å². The molecule has 1 aliphatic heterocycles. The molecule has 1 aliphatic rings. The Labute approximate surface area is 191 Å². The number of nitrogens with zero attached hydrogens (tertiary/aromatic N) is 2. The van der Waals surface area contributed by atoms with Gasteiger partial charge < -0.3 is 19.5 Å². The molecule has 1 N–H and O–H groups in total. The van der Waals surface area contributed by atoms with E-state index in [9.17, 15) is 4.79 Å². The molecule has 0 atom stereocenters. The van der Waals surface area contributed by atoms with Crippen molar-refractivity contribution in [2.45, 2.75) is 45.8 Å². The van der Waals surface area contributed by atoms with Crippen molar-refractivity contribution in [3.8, 4) is 5.75 Å². The number of amides is 1. The number of ether oxygens (including phenoxy) is 2. The molecule has 6 heteroatoms. The number of hydrogen-bond donors (Lipinski definition) is 1. The molecule has 1 heterocycles. The highest BCUT2D eigenvalue weighted by Gasteiger charge is 2.25. The highest BCUT2D eigenvalue weighted by molar-refractivity contribution is 5.68. The molecule has 6 nitrogen and oxygen atoms in total. The Balaban J connectivity index is 1.38. The first-order chi connectivity index (χ1) is 15.3. The average molecular weight is 441 g/mol. The van der Waals surface area contributed by atoms with Gasteiger partial charge in [0, 0.05) is 45.8 Å². The first kappa shape index (κ1) is 24.1. The fraction of sp³-hybridized carbons (Fsp3) is 0.500. The molecule has 0 aromatic heterocycles. The summed E-state index contributed by atoms with van der Waals surface area (Å²) in [5, 5.41) is 8.98. The molecular weight excluding hydrogens is 404 g/mol. The van der Waals surface area contributed by atoms with Gasteiger partial charge in [0.15, 0.2) is 0 Å². The van der Waals surface area contributed by atoms with Gasteiger partial charge in [-0.1, -0.05) is 36.4 Å². The van der Waals surface area contributed by atoms with Crippen LogP contribution in [0.4, 0.5) is 4.79 Å². The first-order valence-electron chi connectivity index (χ1n) is 11.4. The molecule has 1 saturated heterocycles. The van der Waals surface area contributed by atoms with Gasteiger partial charge in [-0.3, -0.25) is 4.90 Å². The van der Waals surface area contributed by atoms with E-state index in [2.05, 4.69) is 29.2 Å². The molecule has 0 aliphatic carbocycles. The van der Waals surface area contributed by atoms with Crippen molar-refractivity contribution in [1.29, 1.82) is 0 Å². The lowest BCUT2D eigenvalue weighted by molar-refractivity contribution is 0.0139. The number of carbonyl (C=O) groups excluding carboxylic acids is 1. The summed E-state index contributed by atoms with van der Waals surface area (Å²) in [5.41, 5.74) is 3.19. The predicted molar refractivity (Wildman–Crippen MR) is 126 cm³/mol. The summed E-state index contributed by atoms with van der Waals surface area (Å²) in [6.45, 7) is 10.5. The van der Waals surface area contributed by atoms with E-state index in [0.717, 1.165) is 37.4 Å². The van der Waals surface area contributed by atoms with Crippen LogP contribution in [0.1, 0.15) is 37.5 Å². The van der Waals surface area contributed by atoms with Crippen LogP contribution in [-0.2, 0) is 24.1 Å². The molecule has 1 amide bonds. The van der Waals surface area contributed by atoms with Gasteiger partial charge in [0.25, 0.3) is 0 Å². The predicted octanol–water partition coefficient (Wildman–Crippen LogP) is 3.90. The molecule has 0 spiro atoms. The van der Waals surface area contributed by atoms with Crippen LogP contribution in [-0.4, -0.2) is 66.0 Å². The highest BCUT2D eigenvalue weighted by atomic mass is 16.6. The summed E-state index contributed by atoms with van der Waals surface area (Å²) < 4.78 is 11.3. The fourth-order valence-electron chi connectivity index (χ4n) is 3.65. The van der Waals surface area contributed by atoms with Crippen LogP contribution < -0.4 is 4.74 Å². The molecule has 174 valence electrons. The van der Waals surface area contributed by atoms with Crippen molar-refractivity contribution < 1.29 is 19.4 Å². The minimum absolute atomic E-state index is 0.165. The molecule has 32 heavy (non-hydrogen) atoms. The Kier molecular flexibility index (Phi) is 8.53. The van der Waals surface area contributed by atoms with Crippen molar-refractivity contribution in [3.05, 3.63) is 65.2 Å². The van der Waals surface area contributed by atoms with Crippen molar-refractivity contribution >= 4 is 6.09 Å². The highest BCUT2D eigenvalue weighted by Crippen LogP contribution is 2.15. The number of hydrogen-bond acceptors (Lipinski definition) is 5. The molecule has 0 unspecified atom stereocenters. The number of benzene rings is 2. The van der Waals surface area contributed by atoms with E-state index >= 15 is 0 Å². The maximum absolute atomic E-state index is 12.2. The molecule has 0 bridgehead atoms. The molecule has 1 fully saturated rings. The third-order valence-corrected chi connectivity index (χ3v) is 5.44. The number of rotatable bonds is 8. The number of aliphatic hydroxyl groups excluding tert-OH is 1. The second-order valence-corrected chi connectivity index (χ2v) is 9.28. The van der Waals surface area contributed by atoms with Gasteiger partial charge in [0.05, 0.1) is 6.61 Å². The summed E-state index contributed by atoms with van der Waals surface area (Å²) in [6, 6.07) is 16.6. The van der Waals surface area contributed by atoms with Gasteiger partial charge in [0.2, 0.25) is 0 Å². The van der Waals surface area contributed by atoms with Crippen LogP contribution in [0.3, 0.4) is 0 Å². The quantitative estimate of drug-likeness (QED) is 0.675. The van der Waals surface area contributed by atoms with Crippen molar-refractivity contribution in [3.63, 3.8) is 0 Å². The van der Waals surface area contributed by atoms with E-state index < -0.39 is 5.60 Å². The van der Waals surface area contributed by atoms with Crippen LogP contribution in [0, 0.1) is 0 Å². The zero-order valence-electron chi connectivity index (χ0n) is 19.5. The standard InChI is InChI=1S/C26H36N2O4/c1-26(2,3)32-25(30)28-16-14-27(15-17-28)20-23-6-4-22(5-7-23)13-19-31-24-10-8-21(9-11-24)12-18-29/h4-11,29H,12-20H2,1-3H3. The summed E-state index contributed by atoms with van der Waals surface area (Å²) in [6.07, 6.45) is 1.31. The van der Waals surface area contributed by atoms with Crippen molar-refractivity contribution in [2.24, 2.45) is 0 Å². The van der Waals surface area contributed by atoms with Crippen molar-refractivity contribution in [1.82, 2.24) is 9.80 Å². The lowest BCUT2D eigenvalue weighted by Gasteiger charge is -2.35. The lowest BCUT2D eigenvalue weighted by Crippen LogP contribution is -2.49. The minimum atomic E-state index is -0.452. The van der Waals surface area contributed by atoms with Crippen molar-refractivity contribution in [2.75, 3.05) is 39.4 Å². The summed E-state index contributed by atoms with van der Waals surface area (Å²) in [7, 11) is 0. The van der Waals surface area contributed by atoms with E-state index in [1.165, 1.54) is 11.1 Å². The molecule has 0 saturated carbocycles. The van der Waals surface area contributed by atoms with Gasteiger partial charge in [-0.25, -0.2) is 4.79 Å². The topological polar surface area (TPSA) is 62.2 Å².